The predicted octanol–water partition coefficient (Wildman–Crippen LogP) is -3.86. The molecule has 2 aliphatic heterocycles. The van der Waals surface area contributed by atoms with Crippen molar-refractivity contribution in [1.82, 2.24) is 58.0 Å². The number of nitrogens with two attached hydrogens (primary N) is 1. The first kappa shape index (κ1) is 48.4. The van der Waals surface area contributed by atoms with Gasteiger partial charge in [-0.25, -0.2) is 15.3 Å². The number of nitrogens with zero attached hydrogens (tertiary/aromatic N) is 1. The molecule has 1 unspecified atom stereocenters. The molecule has 3 rings (SSSR count). The Balaban J connectivity index is 1.32. The Morgan fingerprint density at radius 2 is 1.60 bits per heavy atom. The van der Waals surface area contributed by atoms with Crippen molar-refractivity contribution in [3.63, 3.8) is 0 Å². The molecule has 10 amide bonds. The summed E-state index contributed by atoms with van der Waals surface area (Å²) in [6.45, 7) is 0.499. The molecular weight excluding hydrogens is 813 g/mol. The molecule has 0 saturated carbocycles. The number of amides is 10. The molecule has 2 aliphatic rings. The lowest BCUT2D eigenvalue weighted by Gasteiger charge is -2.23. The number of hydroxylamine groups is 1. The zero-order valence-corrected chi connectivity index (χ0v) is 33.8. The highest BCUT2D eigenvalue weighted by Crippen LogP contribution is 2.33. The number of aromatic nitrogens is 2. The molecule has 1 aromatic rings. The van der Waals surface area contributed by atoms with E-state index in [9.17, 15) is 53.1 Å². The summed E-state index contributed by atoms with van der Waals surface area (Å²) < 4.78 is 0. The summed E-state index contributed by atoms with van der Waals surface area (Å²) >= 11 is 1.83. The molecule has 332 valence electrons. The summed E-state index contributed by atoms with van der Waals surface area (Å²) in [5.74, 6) is -8.10. The van der Waals surface area contributed by atoms with Crippen LogP contribution in [0.25, 0.3) is 0 Å². The van der Waals surface area contributed by atoms with Crippen molar-refractivity contribution in [2.45, 2.75) is 107 Å². The molecule has 1 aromatic heterocycles. The van der Waals surface area contributed by atoms with Gasteiger partial charge in [-0.15, -0.1) is 0 Å². The molecule has 0 aliphatic carbocycles. The Kier molecular flexibility index (Phi) is 20.0. The standard InChI is InChI=1S/C35H54N12O12S/c1-18(42-34(57)22(12-20-13-37-17-41-20)44-33(56)19(11-29(52)53)10-26(49)47-59)32(55)40-14-27(50)39-15-28(51)43-21(31(36)54)6-4-5-9-38-25(48)8-3-2-7-24-30-23(16-60-24)45-35(58)46-30/h13,17-19,21-24,30,59H,2-12,14-16H2,1H3,(H2,36,54)(H,37,41)(H,38,48)(H,39,50)(H,40,55)(H,42,57)(H,43,51)(H,44,56)(H,47,49)(H,52,53)(H2,45,46,58)/t18-,19?,21-,22-,23-,24-,30-/m0/s1. The summed E-state index contributed by atoms with van der Waals surface area (Å²) in [4.78, 5) is 129. The fourth-order valence-corrected chi connectivity index (χ4v) is 7.93. The van der Waals surface area contributed by atoms with Crippen LogP contribution in [0.5, 0.6) is 0 Å². The number of imidazole rings is 1. The highest BCUT2D eigenvalue weighted by Gasteiger charge is 2.42. The monoisotopic (exact) mass is 866 g/mol. The first-order valence-corrected chi connectivity index (χ1v) is 20.4. The number of fused-ring (bicyclic) bond motifs is 1. The number of hydrogen-bond acceptors (Lipinski definition) is 13. The van der Waals surface area contributed by atoms with Gasteiger partial charge in [0.2, 0.25) is 47.3 Å². The van der Waals surface area contributed by atoms with Gasteiger partial charge in [-0.2, -0.15) is 11.8 Å². The molecular formula is C35H54N12O12S. The summed E-state index contributed by atoms with van der Waals surface area (Å²) in [5.41, 5.74) is 7.14. The van der Waals surface area contributed by atoms with Crippen LogP contribution < -0.4 is 53.7 Å². The molecule has 0 aromatic carbocycles. The topological polar surface area (TPSA) is 374 Å². The maximum atomic E-state index is 13.2. The maximum absolute atomic E-state index is 13.2. The van der Waals surface area contributed by atoms with Crippen molar-refractivity contribution >= 4 is 71.0 Å². The van der Waals surface area contributed by atoms with Gasteiger partial charge in [0.25, 0.3) is 0 Å². The molecule has 2 saturated heterocycles. The molecule has 0 spiro atoms. The van der Waals surface area contributed by atoms with Gasteiger partial charge < -0.3 is 58.4 Å². The summed E-state index contributed by atoms with van der Waals surface area (Å²) in [6.07, 6.45) is 5.01. The van der Waals surface area contributed by atoms with Crippen molar-refractivity contribution in [3.05, 3.63) is 18.2 Å². The van der Waals surface area contributed by atoms with Gasteiger partial charge in [0.15, 0.2) is 0 Å². The maximum Gasteiger partial charge on any atom is 0.315 e. The normalized spacial score (nSPS) is 18.5. The summed E-state index contributed by atoms with van der Waals surface area (Å²) in [5, 5.41) is 38.8. The van der Waals surface area contributed by atoms with Crippen LogP contribution in [-0.4, -0.2) is 140 Å². The van der Waals surface area contributed by atoms with E-state index in [0.717, 1.165) is 18.6 Å². The molecule has 0 bridgehead atoms. The number of unbranched alkanes of at least 4 members (excludes halogenated alkanes) is 2. The number of thioether (sulfide) groups is 1. The van der Waals surface area contributed by atoms with E-state index in [0.29, 0.717) is 43.2 Å². The van der Waals surface area contributed by atoms with Crippen molar-refractivity contribution < 1.29 is 58.3 Å². The number of carbonyl (C=O) groups is 10. The van der Waals surface area contributed by atoms with Crippen LogP contribution in [0.4, 0.5) is 4.79 Å². The van der Waals surface area contributed by atoms with E-state index in [4.69, 9.17) is 10.9 Å². The molecule has 14 N–H and O–H groups in total. The average molecular weight is 867 g/mol. The van der Waals surface area contributed by atoms with Crippen LogP contribution in [0.15, 0.2) is 12.5 Å². The second-order valence-corrected chi connectivity index (χ2v) is 15.6. The van der Waals surface area contributed by atoms with Crippen LogP contribution in [0.1, 0.15) is 70.4 Å². The van der Waals surface area contributed by atoms with Crippen molar-refractivity contribution in [3.8, 4) is 0 Å². The molecule has 0 radical (unpaired) electrons. The molecule has 2 fully saturated rings. The molecule has 24 nitrogen and oxygen atoms in total. The number of aromatic amines is 1. The van der Waals surface area contributed by atoms with Crippen molar-refractivity contribution in [1.29, 1.82) is 0 Å². The van der Waals surface area contributed by atoms with Gasteiger partial charge >= 0.3 is 12.0 Å². The molecule has 7 atom stereocenters. The molecule has 60 heavy (non-hydrogen) atoms. The minimum absolute atomic E-state index is 0.0940. The third-order valence-corrected chi connectivity index (χ3v) is 11.1. The number of rotatable bonds is 27. The van der Waals surface area contributed by atoms with Gasteiger partial charge in [0, 0.05) is 48.7 Å². The van der Waals surface area contributed by atoms with Gasteiger partial charge in [0.1, 0.15) is 18.1 Å². The number of primary amides is 1. The fourth-order valence-electron chi connectivity index (χ4n) is 6.39. The quantitative estimate of drug-likeness (QED) is 0.0174. The Hall–Kier alpha value is -5.98. The highest BCUT2D eigenvalue weighted by atomic mass is 32.2. The SMILES string of the molecule is C[C@H](NC(=O)[C@H](Cc1cnc[nH]1)NC(=O)C(CC(=O)O)CC(=O)NO)C(=O)NCC(=O)NCC(=O)N[C@@H](CCCCNC(=O)CCCC[C@@H]1SC[C@@H]2NC(=O)N[C@@H]21)C(N)=O. The lowest BCUT2D eigenvalue weighted by molar-refractivity contribution is -0.143. The predicted molar refractivity (Wildman–Crippen MR) is 210 cm³/mol. The number of carbonyl (C=O) groups excluding carboxylic acids is 9. The minimum atomic E-state index is -1.46. The van der Waals surface area contributed by atoms with E-state index >= 15 is 0 Å². The smallest absolute Gasteiger partial charge is 0.315 e. The van der Waals surface area contributed by atoms with Crippen LogP contribution >= 0.6 is 11.8 Å². The Morgan fingerprint density at radius 3 is 2.28 bits per heavy atom. The highest BCUT2D eigenvalue weighted by molar-refractivity contribution is 8.00. The largest absolute Gasteiger partial charge is 0.481 e. The van der Waals surface area contributed by atoms with Gasteiger partial charge in [-0.3, -0.25) is 48.4 Å². The number of hydrogen-bond donors (Lipinski definition) is 13. The lowest BCUT2D eigenvalue weighted by atomic mass is 9.99. The molecule has 25 heteroatoms. The van der Waals surface area contributed by atoms with E-state index in [2.05, 4.69) is 52.5 Å². The van der Waals surface area contributed by atoms with E-state index in [1.165, 1.54) is 24.9 Å². The number of carboxylic acids is 1. The van der Waals surface area contributed by atoms with Crippen LogP contribution in [0.2, 0.25) is 0 Å². The van der Waals surface area contributed by atoms with Crippen LogP contribution in [0, 0.1) is 5.92 Å². The third kappa shape index (κ3) is 17.1. The zero-order chi connectivity index (χ0) is 44.2. The lowest BCUT2D eigenvalue weighted by Crippen LogP contribution is -2.55. The van der Waals surface area contributed by atoms with E-state index in [1.54, 1.807) is 0 Å². The van der Waals surface area contributed by atoms with Gasteiger partial charge in [-0.05, 0) is 39.0 Å². The Labute approximate surface area is 348 Å². The Bertz CT molecular complexity index is 1700. The fraction of sp³-hybridized carbons (Fsp3) is 0.629. The number of carboxylic acid groups (broad SMARTS) is 1. The Morgan fingerprint density at radius 1 is 0.850 bits per heavy atom. The van der Waals surface area contributed by atoms with Crippen LogP contribution in [0.3, 0.4) is 0 Å². The number of nitrogens with one attached hydrogen (secondary N) is 10. The van der Waals surface area contributed by atoms with E-state index < -0.39 is 97.3 Å². The minimum Gasteiger partial charge on any atom is -0.481 e. The van der Waals surface area contributed by atoms with Gasteiger partial charge in [0.05, 0.1) is 43.8 Å². The number of urea groups is 1. The second-order valence-electron chi connectivity index (χ2n) is 14.3. The second kappa shape index (κ2) is 24.8. The van der Waals surface area contributed by atoms with E-state index in [1.807, 2.05) is 11.8 Å². The number of aliphatic carboxylic acids is 1. The summed E-state index contributed by atoms with van der Waals surface area (Å²) in [7, 11) is 0. The first-order chi connectivity index (χ1) is 28.6. The van der Waals surface area contributed by atoms with Crippen LogP contribution in [-0.2, 0) is 49.6 Å². The number of H-pyrrole nitrogens is 1. The zero-order valence-electron chi connectivity index (χ0n) is 33.0. The molecule has 3 heterocycles. The van der Waals surface area contributed by atoms with Crippen molar-refractivity contribution in [2.24, 2.45) is 11.7 Å². The first-order valence-electron chi connectivity index (χ1n) is 19.4. The third-order valence-electron chi connectivity index (χ3n) is 9.58. The average Bonchev–Trinajstić information content (AvgIpc) is 3.94. The van der Waals surface area contributed by atoms with E-state index in [-0.39, 0.29) is 36.9 Å². The van der Waals surface area contributed by atoms with Gasteiger partial charge in [-0.1, -0.05) is 6.42 Å². The van der Waals surface area contributed by atoms with Crippen molar-refractivity contribution in [2.75, 3.05) is 25.4 Å². The summed E-state index contributed by atoms with van der Waals surface area (Å²) in [6, 6.07) is -3.51.